The standard InChI is InChI=1S/C16H22N4O.ClH/c1-11(2)18-16(21)15-13-5-3-4-6-14(13)20(19-15)12-7-9-17-10-8-12;/h3-6,11-12,17H,7-10H2,1-2H3,(H,18,21);1H. The van der Waals surface area contributed by atoms with E-state index in [-0.39, 0.29) is 24.4 Å². The lowest BCUT2D eigenvalue weighted by Crippen LogP contribution is -2.31. The molecule has 1 aromatic carbocycles. The zero-order chi connectivity index (χ0) is 14.8. The highest BCUT2D eigenvalue weighted by molar-refractivity contribution is 6.05. The Hall–Kier alpha value is -1.59. The molecule has 1 fully saturated rings. The van der Waals surface area contributed by atoms with E-state index >= 15 is 0 Å². The molecule has 2 aromatic rings. The average molecular weight is 323 g/mol. The largest absolute Gasteiger partial charge is 0.348 e. The van der Waals surface area contributed by atoms with E-state index in [1.165, 1.54) is 0 Å². The van der Waals surface area contributed by atoms with Crippen LogP contribution in [-0.2, 0) is 0 Å². The molecule has 5 nitrogen and oxygen atoms in total. The van der Waals surface area contributed by atoms with Crippen molar-refractivity contribution in [2.75, 3.05) is 13.1 Å². The molecule has 6 heteroatoms. The Morgan fingerprint density at radius 3 is 2.68 bits per heavy atom. The van der Waals surface area contributed by atoms with E-state index in [1.54, 1.807) is 0 Å². The van der Waals surface area contributed by atoms with Crippen molar-refractivity contribution in [3.05, 3.63) is 30.0 Å². The molecule has 0 saturated carbocycles. The van der Waals surface area contributed by atoms with Gasteiger partial charge in [-0.2, -0.15) is 5.10 Å². The molecule has 0 radical (unpaired) electrons. The van der Waals surface area contributed by atoms with Crippen LogP contribution in [0.5, 0.6) is 0 Å². The van der Waals surface area contributed by atoms with Crippen molar-refractivity contribution in [2.45, 2.75) is 38.8 Å². The van der Waals surface area contributed by atoms with Gasteiger partial charge in [-0.1, -0.05) is 18.2 Å². The zero-order valence-corrected chi connectivity index (χ0v) is 13.8. The summed E-state index contributed by atoms with van der Waals surface area (Å²) in [6.07, 6.45) is 2.10. The van der Waals surface area contributed by atoms with E-state index in [2.05, 4.69) is 21.8 Å². The summed E-state index contributed by atoms with van der Waals surface area (Å²) in [5, 5.41) is 11.9. The molecular weight excluding hydrogens is 300 g/mol. The van der Waals surface area contributed by atoms with Crippen LogP contribution < -0.4 is 10.6 Å². The Morgan fingerprint density at radius 2 is 2.00 bits per heavy atom. The van der Waals surface area contributed by atoms with Crippen molar-refractivity contribution in [3.63, 3.8) is 0 Å². The third-order valence-electron chi connectivity index (χ3n) is 3.90. The molecule has 1 aliphatic rings. The summed E-state index contributed by atoms with van der Waals surface area (Å²) >= 11 is 0. The van der Waals surface area contributed by atoms with Crippen LogP contribution in [0.1, 0.15) is 43.2 Å². The van der Waals surface area contributed by atoms with Crippen molar-refractivity contribution in [1.82, 2.24) is 20.4 Å². The van der Waals surface area contributed by atoms with Gasteiger partial charge in [-0.05, 0) is 45.8 Å². The second-order valence-electron chi connectivity index (χ2n) is 5.92. The lowest BCUT2D eigenvalue weighted by molar-refractivity contribution is 0.0938. The van der Waals surface area contributed by atoms with Gasteiger partial charge in [-0.15, -0.1) is 12.4 Å². The number of rotatable bonds is 3. The van der Waals surface area contributed by atoms with Crippen LogP contribution in [0.15, 0.2) is 24.3 Å². The highest BCUT2D eigenvalue weighted by Gasteiger charge is 2.22. The first-order valence-corrected chi connectivity index (χ1v) is 7.65. The predicted octanol–water partition coefficient (Wildman–Crippen LogP) is 2.52. The van der Waals surface area contributed by atoms with E-state index in [0.717, 1.165) is 36.8 Å². The summed E-state index contributed by atoms with van der Waals surface area (Å²) in [5.41, 5.74) is 1.59. The molecule has 1 aliphatic heterocycles. The lowest BCUT2D eigenvalue weighted by atomic mass is 10.1. The number of benzene rings is 1. The second-order valence-corrected chi connectivity index (χ2v) is 5.92. The highest BCUT2D eigenvalue weighted by Crippen LogP contribution is 2.26. The summed E-state index contributed by atoms with van der Waals surface area (Å²) in [7, 11) is 0. The Balaban J connectivity index is 0.00000176. The summed E-state index contributed by atoms with van der Waals surface area (Å²) in [6, 6.07) is 8.48. The van der Waals surface area contributed by atoms with Gasteiger partial charge < -0.3 is 10.6 Å². The summed E-state index contributed by atoms with van der Waals surface area (Å²) in [5.74, 6) is -0.0890. The average Bonchev–Trinajstić information content (AvgIpc) is 2.87. The molecule has 0 unspecified atom stereocenters. The smallest absolute Gasteiger partial charge is 0.272 e. The first-order chi connectivity index (χ1) is 10.2. The quantitative estimate of drug-likeness (QED) is 0.913. The van der Waals surface area contributed by atoms with Gasteiger partial charge in [0.25, 0.3) is 5.91 Å². The Bertz CT molecular complexity index is 647. The number of para-hydroxylation sites is 1. The summed E-state index contributed by atoms with van der Waals surface area (Å²) in [6.45, 7) is 5.94. The SMILES string of the molecule is CC(C)NC(=O)c1nn(C2CCNCC2)c2ccccc12.Cl. The second kappa shape index (κ2) is 7.11. The van der Waals surface area contributed by atoms with Crippen molar-refractivity contribution >= 4 is 29.2 Å². The number of carbonyl (C=O) groups excluding carboxylic acids is 1. The summed E-state index contributed by atoms with van der Waals surface area (Å²) < 4.78 is 2.05. The molecule has 0 bridgehead atoms. The number of hydrogen-bond donors (Lipinski definition) is 2. The molecule has 0 spiro atoms. The highest BCUT2D eigenvalue weighted by atomic mass is 35.5. The van der Waals surface area contributed by atoms with Gasteiger partial charge in [-0.25, -0.2) is 0 Å². The van der Waals surface area contributed by atoms with E-state index in [1.807, 2.05) is 36.7 Å². The molecule has 1 saturated heterocycles. The van der Waals surface area contributed by atoms with Gasteiger partial charge >= 0.3 is 0 Å². The Morgan fingerprint density at radius 1 is 1.32 bits per heavy atom. The molecule has 22 heavy (non-hydrogen) atoms. The monoisotopic (exact) mass is 322 g/mol. The maximum absolute atomic E-state index is 12.4. The number of aromatic nitrogens is 2. The van der Waals surface area contributed by atoms with Crippen molar-refractivity contribution < 1.29 is 4.79 Å². The number of halogens is 1. The molecule has 3 rings (SSSR count). The number of nitrogens with one attached hydrogen (secondary N) is 2. The third kappa shape index (κ3) is 3.25. The Labute approximate surface area is 136 Å². The minimum absolute atomic E-state index is 0. The van der Waals surface area contributed by atoms with Crippen LogP contribution in [0.2, 0.25) is 0 Å². The van der Waals surface area contributed by atoms with Gasteiger partial charge in [0.1, 0.15) is 0 Å². The fraction of sp³-hybridized carbons (Fsp3) is 0.500. The predicted molar refractivity (Wildman–Crippen MR) is 90.7 cm³/mol. The number of amides is 1. The zero-order valence-electron chi connectivity index (χ0n) is 13.0. The molecule has 2 N–H and O–H groups in total. The fourth-order valence-corrected chi connectivity index (χ4v) is 2.92. The molecule has 0 atom stereocenters. The first-order valence-electron chi connectivity index (χ1n) is 7.65. The number of fused-ring (bicyclic) bond motifs is 1. The third-order valence-corrected chi connectivity index (χ3v) is 3.90. The maximum Gasteiger partial charge on any atom is 0.272 e. The normalized spacial score (nSPS) is 15.8. The van der Waals surface area contributed by atoms with E-state index in [0.29, 0.717) is 11.7 Å². The van der Waals surface area contributed by atoms with Crippen LogP contribution in [0, 0.1) is 0 Å². The van der Waals surface area contributed by atoms with Crippen LogP contribution in [0.25, 0.3) is 10.9 Å². The first kappa shape index (κ1) is 16.8. The maximum atomic E-state index is 12.4. The number of carbonyl (C=O) groups is 1. The van der Waals surface area contributed by atoms with Gasteiger partial charge in [0.2, 0.25) is 0 Å². The van der Waals surface area contributed by atoms with E-state index < -0.39 is 0 Å². The van der Waals surface area contributed by atoms with Crippen molar-refractivity contribution in [1.29, 1.82) is 0 Å². The number of nitrogens with zero attached hydrogens (tertiary/aromatic N) is 2. The minimum atomic E-state index is -0.0890. The molecular formula is C16H23ClN4O. The van der Waals surface area contributed by atoms with Crippen molar-refractivity contribution in [2.24, 2.45) is 0 Å². The van der Waals surface area contributed by atoms with Gasteiger partial charge in [0.05, 0.1) is 11.6 Å². The van der Waals surface area contributed by atoms with Crippen LogP contribution in [0.3, 0.4) is 0 Å². The lowest BCUT2D eigenvalue weighted by Gasteiger charge is -2.23. The van der Waals surface area contributed by atoms with Crippen molar-refractivity contribution in [3.8, 4) is 0 Å². The number of piperidine rings is 1. The summed E-state index contributed by atoms with van der Waals surface area (Å²) in [4.78, 5) is 12.4. The van der Waals surface area contributed by atoms with Crippen LogP contribution >= 0.6 is 12.4 Å². The fourth-order valence-electron chi connectivity index (χ4n) is 2.92. The van der Waals surface area contributed by atoms with Crippen LogP contribution in [-0.4, -0.2) is 34.8 Å². The van der Waals surface area contributed by atoms with Gasteiger partial charge in [-0.3, -0.25) is 9.48 Å². The molecule has 1 aromatic heterocycles. The minimum Gasteiger partial charge on any atom is -0.348 e. The molecule has 2 heterocycles. The van der Waals surface area contributed by atoms with Gasteiger partial charge in [0, 0.05) is 11.4 Å². The Kier molecular flexibility index (Phi) is 5.42. The van der Waals surface area contributed by atoms with Gasteiger partial charge in [0.15, 0.2) is 5.69 Å². The topological polar surface area (TPSA) is 59.0 Å². The molecule has 0 aliphatic carbocycles. The number of hydrogen-bond acceptors (Lipinski definition) is 3. The molecule has 120 valence electrons. The van der Waals surface area contributed by atoms with Crippen LogP contribution in [0.4, 0.5) is 0 Å². The van der Waals surface area contributed by atoms with E-state index in [4.69, 9.17) is 0 Å². The van der Waals surface area contributed by atoms with E-state index in [9.17, 15) is 4.79 Å². The molecule has 1 amide bonds.